The number of aromatic nitrogens is 1. The number of thiazole rings is 1. The highest BCUT2D eigenvalue weighted by Gasteiger charge is 2.31. The van der Waals surface area contributed by atoms with Gasteiger partial charge in [0.05, 0.1) is 5.01 Å². The lowest BCUT2D eigenvalue weighted by atomic mass is 9.87. The van der Waals surface area contributed by atoms with Gasteiger partial charge in [-0.3, -0.25) is 4.90 Å². The quantitative estimate of drug-likeness (QED) is 0.895. The van der Waals surface area contributed by atoms with Crippen molar-refractivity contribution in [3.05, 3.63) is 16.1 Å². The van der Waals surface area contributed by atoms with Gasteiger partial charge < -0.3 is 5.32 Å². The predicted octanol–water partition coefficient (Wildman–Crippen LogP) is 2.27. The van der Waals surface area contributed by atoms with Crippen LogP contribution < -0.4 is 5.32 Å². The number of nitrogens with one attached hydrogen (secondary N) is 1. The third-order valence-electron chi connectivity index (χ3n) is 4.10. The molecular weight excluding hydrogens is 230 g/mol. The zero-order valence-electron chi connectivity index (χ0n) is 11.2. The van der Waals surface area contributed by atoms with Crippen LogP contribution >= 0.6 is 11.3 Å². The van der Waals surface area contributed by atoms with Crippen LogP contribution in [0, 0.1) is 12.8 Å². The number of hydrogen-bond acceptors (Lipinski definition) is 4. The molecule has 3 unspecified atom stereocenters. The van der Waals surface area contributed by atoms with Gasteiger partial charge in [0.2, 0.25) is 0 Å². The number of rotatable bonds is 3. The van der Waals surface area contributed by atoms with Gasteiger partial charge in [-0.2, -0.15) is 0 Å². The summed E-state index contributed by atoms with van der Waals surface area (Å²) in [6.45, 7) is 9.03. The van der Waals surface area contributed by atoms with Crippen LogP contribution in [-0.4, -0.2) is 35.6 Å². The molecule has 0 radical (unpaired) electrons. The van der Waals surface area contributed by atoms with Gasteiger partial charge in [-0.1, -0.05) is 6.92 Å². The molecule has 1 aliphatic rings. The molecule has 4 heteroatoms. The molecule has 2 rings (SSSR count). The number of aryl methyl sites for hydroxylation is 1. The summed E-state index contributed by atoms with van der Waals surface area (Å²) in [5, 5.41) is 4.61. The van der Waals surface area contributed by atoms with Gasteiger partial charge >= 0.3 is 0 Å². The minimum atomic E-state index is 0.642. The van der Waals surface area contributed by atoms with Crippen molar-refractivity contribution in [3.8, 4) is 0 Å². The van der Waals surface area contributed by atoms with Crippen molar-refractivity contribution in [1.29, 1.82) is 0 Å². The SMILES string of the molecule is CNC1CCN(Cc2cnc(C)s2)C(C)C1C. The van der Waals surface area contributed by atoms with Crippen molar-refractivity contribution < 1.29 is 0 Å². The van der Waals surface area contributed by atoms with E-state index in [1.54, 1.807) is 0 Å². The smallest absolute Gasteiger partial charge is 0.0897 e. The maximum Gasteiger partial charge on any atom is 0.0897 e. The van der Waals surface area contributed by atoms with E-state index in [1.807, 2.05) is 17.5 Å². The molecule has 1 saturated heterocycles. The molecule has 2 heterocycles. The standard InChI is InChI=1S/C13H23N3S/c1-9-10(2)16(6-5-13(9)14-4)8-12-7-15-11(3)17-12/h7,9-10,13-14H,5-6,8H2,1-4H3. The first-order valence-corrected chi connectivity index (χ1v) is 7.26. The van der Waals surface area contributed by atoms with E-state index in [9.17, 15) is 0 Å². The largest absolute Gasteiger partial charge is 0.317 e. The molecule has 1 N–H and O–H groups in total. The average molecular weight is 253 g/mol. The molecular formula is C13H23N3S. The fraction of sp³-hybridized carbons (Fsp3) is 0.769. The van der Waals surface area contributed by atoms with Crippen LogP contribution in [0.15, 0.2) is 6.20 Å². The summed E-state index contributed by atoms with van der Waals surface area (Å²) >= 11 is 1.82. The van der Waals surface area contributed by atoms with Crippen LogP contribution in [0.1, 0.15) is 30.2 Å². The van der Waals surface area contributed by atoms with Crippen molar-refractivity contribution in [2.75, 3.05) is 13.6 Å². The normalized spacial score (nSPS) is 30.7. The Hall–Kier alpha value is -0.450. The zero-order chi connectivity index (χ0) is 12.4. The van der Waals surface area contributed by atoms with Crippen molar-refractivity contribution in [2.24, 2.45) is 5.92 Å². The highest BCUT2D eigenvalue weighted by atomic mass is 32.1. The minimum Gasteiger partial charge on any atom is -0.317 e. The summed E-state index contributed by atoms with van der Waals surface area (Å²) in [6, 6.07) is 1.31. The first-order chi connectivity index (χ1) is 8.11. The van der Waals surface area contributed by atoms with Crippen LogP contribution in [0.25, 0.3) is 0 Å². The average Bonchev–Trinajstić information content (AvgIpc) is 2.71. The van der Waals surface area contributed by atoms with E-state index in [4.69, 9.17) is 0 Å². The molecule has 17 heavy (non-hydrogen) atoms. The Kier molecular flexibility index (Phi) is 4.17. The molecule has 0 bridgehead atoms. The Balaban J connectivity index is 1.98. The Morgan fingerprint density at radius 1 is 1.53 bits per heavy atom. The first-order valence-electron chi connectivity index (χ1n) is 6.44. The lowest BCUT2D eigenvalue weighted by molar-refractivity contribution is 0.0819. The van der Waals surface area contributed by atoms with Crippen molar-refractivity contribution >= 4 is 11.3 Å². The summed E-state index contributed by atoms with van der Waals surface area (Å²) in [6.07, 6.45) is 3.28. The molecule has 0 aliphatic carbocycles. The number of piperidine rings is 1. The van der Waals surface area contributed by atoms with Crippen LogP contribution in [0.4, 0.5) is 0 Å². The topological polar surface area (TPSA) is 28.2 Å². The molecule has 96 valence electrons. The van der Waals surface area contributed by atoms with E-state index < -0.39 is 0 Å². The van der Waals surface area contributed by atoms with Gasteiger partial charge in [0, 0.05) is 36.2 Å². The molecule has 1 aliphatic heterocycles. The Morgan fingerprint density at radius 3 is 2.88 bits per heavy atom. The number of hydrogen-bond donors (Lipinski definition) is 1. The third kappa shape index (κ3) is 2.87. The van der Waals surface area contributed by atoms with E-state index in [2.05, 4.69) is 43.0 Å². The fourth-order valence-corrected chi connectivity index (χ4v) is 3.57. The van der Waals surface area contributed by atoms with Gasteiger partial charge in [0.15, 0.2) is 0 Å². The van der Waals surface area contributed by atoms with Crippen LogP contribution in [-0.2, 0) is 6.54 Å². The number of likely N-dealkylation sites (tertiary alicyclic amines) is 1. The van der Waals surface area contributed by atoms with E-state index in [0.717, 1.165) is 6.54 Å². The molecule has 0 saturated carbocycles. The number of nitrogens with zero attached hydrogens (tertiary/aromatic N) is 2. The molecule has 0 aromatic carbocycles. The highest BCUT2D eigenvalue weighted by Crippen LogP contribution is 2.26. The summed E-state index contributed by atoms with van der Waals surface area (Å²) in [7, 11) is 2.08. The molecule has 0 spiro atoms. The first kappa shape index (κ1) is 13.0. The maximum atomic E-state index is 4.34. The molecule has 3 nitrogen and oxygen atoms in total. The van der Waals surface area contributed by atoms with E-state index >= 15 is 0 Å². The predicted molar refractivity (Wildman–Crippen MR) is 73.4 cm³/mol. The summed E-state index contributed by atoms with van der Waals surface area (Å²) in [5.74, 6) is 0.711. The van der Waals surface area contributed by atoms with Gasteiger partial charge in [-0.05, 0) is 33.2 Å². The Bertz CT molecular complexity index is 363. The van der Waals surface area contributed by atoms with Crippen molar-refractivity contribution in [3.63, 3.8) is 0 Å². The minimum absolute atomic E-state index is 0.642. The molecule has 1 aromatic rings. The van der Waals surface area contributed by atoms with Gasteiger partial charge in [0.1, 0.15) is 0 Å². The van der Waals surface area contributed by atoms with Crippen LogP contribution in [0.3, 0.4) is 0 Å². The molecule has 1 aromatic heterocycles. The second kappa shape index (κ2) is 5.46. The van der Waals surface area contributed by atoms with E-state index in [-0.39, 0.29) is 0 Å². The molecule has 3 atom stereocenters. The van der Waals surface area contributed by atoms with Gasteiger partial charge in [-0.25, -0.2) is 4.98 Å². The van der Waals surface area contributed by atoms with Gasteiger partial charge in [-0.15, -0.1) is 11.3 Å². The van der Waals surface area contributed by atoms with Crippen molar-refractivity contribution in [2.45, 2.75) is 45.8 Å². The Labute approximate surface area is 108 Å². The summed E-state index contributed by atoms with van der Waals surface area (Å²) in [5.41, 5.74) is 0. The van der Waals surface area contributed by atoms with Crippen molar-refractivity contribution in [1.82, 2.24) is 15.2 Å². The third-order valence-corrected chi connectivity index (χ3v) is 5.00. The second-order valence-electron chi connectivity index (χ2n) is 5.10. The monoisotopic (exact) mass is 253 g/mol. The van der Waals surface area contributed by atoms with Gasteiger partial charge in [0.25, 0.3) is 0 Å². The maximum absolute atomic E-state index is 4.34. The van der Waals surface area contributed by atoms with E-state index in [0.29, 0.717) is 18.0 Å². The van der Waals surface area contributed by atoms with Crippen LogP contribution in [0.2, 0.25) is 0 Å². The van der Waals surface area contributed by atoms with E-state index in [1.165, 1.54) is 22.9 Å². The summed E-state index contributed by atoms with van der Waals surface area (Å²) in [4.78, 5) is 8.32. The fourth-order valence-electron chi connectivity index (χ4n) is 2.75. The Morgan fingerprint density at radius 2 is 2.29 bits per heavy atom. The zero-order valence-corrected chi connectivity index (χ0v) is 12.0. The molecule has 1 fully saturated rings. The molecule has 0 amide bonds. The summed E-state index contributed by atoms with van der Waals surface area (Å²) < 4.78 is 0. The highest BCUT2D eigenvalue weighted by molar-refractivity contribution is 7.11. The second-order valence-corrected chi connectivity index (χ2v) is 6.42. The van der Waals surface area contributed by atoms with Crippen LogP contribution in [0.5, 0.6) is 0 Å². The lowest BCUT2D eigenvalue weighted by Gasteiger charge is -2.42. The lowest BCUT2D eigenvalue weighted by Crippen LogP contribution is -2.52.